The fourth-order valence-corrected chi connectivity index (χ4v) is 3.63. The van der Waals surface area contributed by atoms with Crippen molar-refractivity contribution in [3.05, 3.63) is 55.2 Å². The molecule has 0 radical (unpaired) electrons. The Kier molecular flexibility index (Phi) is 5.02. The second kappa shape index (κ2) is 7.75. The summed E-state index contributed by atoms with van der Waals surface area (Å²) in [5, 5.41) is 13.7. The van der Waals surface area contributed by atoms with E-state index in [-0.39, 0.29) is 6.04 Å². The predicted molar refractivity (Wildman–Crippen MR) is 102 cm³/mol. The molecule has 2 aromatic heterocycles. The number of aliphatic hydroxyl groups excluding tert-OH is 1. The molecule has 140 valence electrons. The molecule has 1 unspecified atom stereocenters. The van der Waals surface area contributed by atoms with Gasteiger partial charge in [0, 0.05) is 30.7 Å². The summed E-state index contributed by atoms with van der Waals surface area (Å²) < 4.78 is 7.25. The van der Waals surface area contributed by atoms with Crippen molar-refractivity contribution < 1.29 is 9.84 Å². The van der Waals surface area contributed by atoms with Gasteiger partial charge in [0.15, 0.2) is 0 Å². The average molecular weight is 365 g/mol. The summed E-state index contributed by atoms with van der Waals surface area (Å²) in [5.41, 5.74) is 1.82. The van der Waals surface area contributed by atoms with E-state index in [9.17, 15) is 5.11 Å². The number of aromatic nitrogens is 4. The number of nitrogens with zero attached hydrogens (tertiary/aromatic N) is 4. The standard InChI is InChI=1S/C20H23N5O2/c1-27-16-4-2-15(3-5-16)17-6-7-22-20(23-17)24-18-10-14(11-19(18)26)12-25-9-8-21-13-25/h2-9,13-14,18-19,26H,10-12H2,1H3,(H,22,23,24)/t14?,18-,19-/m1/s1. The maximum Gasteiger partial charge on any atom is 0.223 e. The quantitative estimate of drug-likeness (QED) is 0.698. The molecule has 7 heteroatoms. The van der Waals surface area contributed by atoms with E-state index < -0.39 is 6.10 Å². The smallest absolute Gasteiger partial charge is 0.223 e. The van der Waals surface area contributed by atoms with Gasteiger partial charge in [0.1, 0.15) is 5.75 Å². The van der Waals surface area contributed by atoms with Gasteiger partial charge in [-0.25, -0.2) is 15.0 Å². The molecule has 0 saturated heterocycles. The van der Waals surface area contributed by atoms with Crippen molar-refractivity contribution in [2.75, 3.05) is 12.4 Å². The normalized spacial score (nSPS) is 21.9. The fourth-order valence-electron chi connectivity index (χ4n) is 3.63. The SMILES string of the molecule is COc1ccc(-c2ccnc(N[C@@H]3CC(Cn4ccnc4)C[C@H]3O)n2)cc1. The first kappa shape index (κ1) is 17.5. The number of imidazole rings is 1. The zero-order chi connectivity index (χ0) is 18.6. The maximum atomic E-state index is 10.4. The van der Waals surface area contributed by atoms with Crippen LogP contribution in [0.1, 0.15) is 12.8 Å². The van der Waals surface area contributed by atoms with Crippen molar-refractivity contribution in [1.82, 2.24) is 19.5 Å². The summed E-state index contributed by atoms with van der Waals surface area (Å²) in [6.07, 6.45) is 8.50. The Morgan fingerprint density at radius 2 is 2.04 bits per heavy atom. The van der Waals surface area contributed by atoms with Gasteiger partial charge in [0.25, 0.3) is 0 Å². The van der Waals surface area contributed by atoms with Crippen LogP contribution in [0.5, 0.6) is 5.75 Å². The van der Waals surface area contributed by atoms with Crippen LogP contribution in [0.3, 0.4) is 0 Å². The van der Waals surface area contributed by atoms with Crippen LogP contribution in [-0.4, -0.2) is 43.9 Å². The van der Waals surface area contributed by atoms with Crippen molar-refractivity contribution >= 4 is 5.95 Å². The van der Waals surface area contributed by atoms with Crippen LogP contribution < -0.4 is 10.1 Å². The Labute approximate surface area is 158 Å². The Hall–Kier alpha value is -2.93. The average Bonchev–Trinajstić information content (AvgIpc) is 3.32. The lowest BCUT2D eigenvalue weighted by molar-refractivity contribution is 0.166. The molecule has 2 heterocycles. The van der Waals surface area contributed by atoms with E-state index in [0.717, 1.165) is 36.4 Å². The minimum atomic E-state index is -0.410. The van der Waals surface area contributed by atoms with E-state index >= 15 is 0 Å². The minimum Gasteiger partial charge on any atom is -0.497 e. The van der Waals surface area contributed by atoms with Gasteiger partial charge in [0.05, 0.1) is 31.3 Å². The summed E-state index contributed by atoms with van der Waals surface area (Å²) >= 11 is 0. The molecule has 1 aliphatic carbocycles. The van der Waals surface area contributed by atoms with E-state index in [1.807, 2.05) is 42.9 Å². The number of methoxy groups -OCH3 is 1. The van der Waals surface area contributed by atoms with E-state index in [1.165, 1.54) is 0 Å². The Morgan fingerprint density at radius 3 is 2.78 bits per heavy atom. The lowest BCUT2D eigenvalue weighted by Gasteiger charge is -2.16. The van der Waals surface area contributed by atoms with Crippen molar-refractivity contribution in [3.8, 4) is 17.0 Å². The third-order valence-corrected chi connectivity index (χ3v) is 5.01. The Balaban J connectivity index is 1.43. The molecule has 0 aliphatic heterocycles. The molecule has 7 nitrogen and oxygen atoms in total. The molecule has 27 heavy (non-hydrogen) atoms. The minimum absolute atomic E-state index is 0.0513. The number of hydrogen-bond donors (Lipinski definition) is 2. The molecule has 0 spiro atoms. The molecule has 1 aromatic carbocycles. The van der Waals surface area contributed by atoms with Gasteiger partial charge in [-0.2, -0.15) is 0 Å². The molecule has 3 aromatic rings. The maximum absolute atomic E-state index is 10.4. The van der Waals surface area contributed by atoms with E-state index in [4.69, 9.17) is 4.74 Å². The first-order valence-electron chi connectivity index (χ1n) is 9.09. The zero-order valence-corrected chi connectivity index (χ0v) is 15.2. The highest BCUT2D eigenvalue weighted by Gasteiger charge is 2.33. The van der Waals surface area contributed by atoms with Crippen LogP contribution >= 0.6 is 0 Å². The Morgan fingerprint density at radius 1 is 1.19 bits per heavy atom. The van der Waals surface area contributed by atoms with Gasteiger partial charge < -0.3 is 19.7 Å². The molecule has 2 N–H and O–H groups in total. The fraction of sp³-hybridized carbons (Fsp3) is 0.350. The third-order valence-electron chi connectivity index (χ3n) is 5.01. The largest absolute Gasteiger partial charge is 0.497 e. The van der Waals surface area contributed by atoms with Gasteiger partial charge in [-0.1, -0.05) is 0 Å². The summed E-state index contributed by atoms with van der Waals surface area (Å²) in [6, 6.07) is 9.58. The van der Waals surface area contributed by atoms with E-state index in [1.54, 1.807) is 19.5 Å². The third kappa shape index (κ3) is 4.09. The van der Waals surface area contributed by atoms with Gasteiger partial charge in [-0.3, -0.25) is 0 Å². The highest BCUT2D eigenvalue weighted by Crippen LogP contribution is 2.29. The molecule has 1 saturated carbocycles. The van der Waals surface area contributed by atoms with Crippen LogP contribution in [0.25, 0.3) is 11.3 Å². The molecule has 0 amide bonds. The van der Waals surface area contributed by atoms with Crippen LogP contribution in [0.4, 0.5) is 5.95 Å². The van der Waals surface area contributed by atoms with Gasteiger partial charge in [-0.05, 0) is 49.1 Å². The number of hydrogen-bond acceptors (Lipinski definition) is 6. The second-order valence-corrected chi connectivity index (χ2v) is 6.91. The van der Waals surface area contributed by atoms with E-state index in [2.05, 4.69) is 24.8 Å². The highest BCUT2D eigenvalue weighted by atomic mass is 16.5. The van der Waals surface area contributed by atoms with Crippen molar-refractivity contribution in [1.29, 1.82) is 0 Å². The molecule has 4 rings (SSSR count). The second-order valence-electron chi connectivity index (χ2n) is 6.91. The molecule has 1 aliphatic rings. The first-order chi connectivity index (χ1) is 13.2. The number of anilines is 1. The first-order valence-corrected chi connectivity index (χ1v) is 9.09. The molecular formula is C20H23N5O2. The van der Waals surface area contributed by atoms with Gasteiger partial charge in [-0.15, -0.1) is 0 Å². The van der Waals surface area contributed by atoms with Crippen LogP contribution in [0, 0.1) is 5.92 Å². The molecule has 1 fully saturated rings. The van der Waals surface area contributed by atoms with Crippen molar-refractivity contribution in [3.63, 3.8) is 0 Å². The summed E-state index contributed by atoms with van der Waals surface area (Å²) in [7, 11) is 1.65. The summed E-state index contributed by atoms with van der Waals surface area (Å²) in [5.74, 6) is 1.75. The monoisotopic (exact) mass is 365 g/mol. The number of rotatable bonds is 6. The van der Waals surface area contributed by atoms with E-state index in [0.29, 0.717) is 11.9 Å². The molecule has 0 bridgehead atoms. The lowest BCUT2D eigenvalue weighted by Crippen LogP contribution is -2.28. The number of ether oxygens (including phenoxy) is 1. The number of nitrogens with one attached hydrogen (secondary N) is 1. The topological polar surface area (TPSA) is 85.1 Å². The molecule has 3 atom stereocenters. The Bertz CT molecular complexity index is 866. The van der Waals surface area contributed by atoms with Crippen molar-refractivity contribution in [2.45, 2.75) is 31.5 Å². The lowest BCUT2D eigenvalue weighted by atomic mass is 10.1. The highest BCUT2D eigenvalue weighted by molar-refractivity contribution is 5.61. The van der Waals surface area contributed by atoms with Crippen LogP contribution in [-0.2, 0) is 6.54 Å². The van der Waals surface area contributed by atoms with Crippen LogP contribution in [0.15, 0.2) is 55.2 Å². The van der Waals surface area contributed by atoms with Crippen LogP contribution in [0.2, 0.25) is 0 Å². The number of aliphatic hydroxyl groups is 1. The molecular weight excluding hydrogens is 342 g/mol. The predicted octanol–water partition coefficient (Wildman–Crippen LogP) is 2.60. The zero-order valence-electron chi connectivity index (χ0n) is 15.2. The summed E-state index contributed by atoms with van der Waals surface area (Å²) in [6.45, 7) is 0.863. The summed E-state index contributed by atoms with van der Waals surface area (Å²) in [4.78, 5) is 13.0. The number of benzene rings is 1. The van der Waals surface area contributed by atoms with Gasteiger partial charge in [0.2, 0.25) is 5.95 Å². The van der Waals surface area contributed by atoms with Gasteiger partial charge >= 0.3 is 0 Å². The van der Waals surface area contributed by atoms with Crippen molar-refractivity contribution in [2.24, 2.45) is 5.92 Å².